The van der Waals surface area contributed by atoms with Crippen molar-refractivity contribution in [2.75, 3.05) is 39.7 Å². The number of hydrogen-bond donors (Lipinski definition) is 5. The van der Waals surface area contributed by atoms with Crippen LogP contribution >= 0.6 is 0 Å². The summed E-state index contributed by atoms with van der Waals surface area (Å²) in [6, 6.07) is 7.78. The topological polar surface area (TPSA) is 174 Å². The van der Waals surface area contributed by atoms with Crippen molar-refractivity contribution in [3.8, 4) is 22.6 Å². The van der Waals surface area contributed by atoms with Crippen LogP contribution in [-0.4, -0.2) is 89.2 Å². The van der Waals surface area contributed by atoms with Crippen molar-refractivity contribution < 1.29 is 39.5 Å². The molecule has 6 N–H and O–H groups in total. The van der Waals surface area contributed by atoms with Crippen molar-refractivity contribution in [2.24, 2.45) is 17.6 Å². The van der Waals surface area contributed by atoms with E-state index in [1.54, 1.807) is 44.4 Å². The number of carbonyl (C=O) groups is 3. The molecule has 0 heterocycles. The van der Waals surface area contributed by atoms with Gasteiger partial charge < -0.3 is 35.8 Å². The summed E-state index contributed by atoms with van der Waals surface area (Å²) < 4.78 is 5.62. The number of nitrogens with two attached hydrogens (primary N) is 1. The predicted molar refractivity (Wildman–Crippen MR) is 155 cm³/mol. The van der Waals surface area contributed by atoms with E-state index in [4.69, 9.17) is 10.5 Å². The highest BCUT2D eigenvalue weighted by Gasteiger charge is 2.64. The molecule has 42 heavy (non-hydrogen) atoms. The van der Waals surface area contributed by atoms with Crippen LogP contribution < -0.4 is 15.4 Å². The molecule has 2 aromatic rings. The molecule has 2 aromatic carbocycles. The maximum absolute atomic E-state index is 14.1. The second-order valence-corrected chi connectivity index (χ2v) is 11.5. The minimum Gasteiger partial charge on any atom is -0.508 e. The molecule has 0 saturated heterocycles. The van der Waals surface area contributed by atoms with Crippen LogP contribution in [0.2, 0.25) is 0 Å². The van der Waals surface area contributed by atoms with E-state index in [1.165, 1.54) is 4.90 Å². The number of nitrogens with zero attached hydrogens (tertiary/aromatic N) is 2. The van der Waals surface area contributed by atoms with Crippen LogP contribution in [0.1, 0.15) is 24.5 Å². The number of rotatable bonds is 6. The Labute approximate surface area is 243 Å². The van der Waals surface area contributed by atoms with Gasteiger partial charge >= 0.3 is 0 Å². The molecule has 0 unspecified atom stereocenters. The van der Waals surface area contributed by atoms with Gasteiger partial charge in [-0.25, -0.2) is 0 Å². The molecule has 1 fully saturated rings. The molecule has 3 aliphatic carbocycles. The highest BCUT2D eigenvalue weighted by molar-refractivity contribution is 6.24. The van der Waals surface area contributed by atoms with Crippen molar-refractivity contribution in [1.29, 1.82) is 0 Å². The van der Waals surface area contributed by atoms with E-state index in [0.717, 1.165) is 0 Å². The number of carbonyl (C=O) groups excluding carboxylic acids is 3. The molecule has 1 saturated carbocycles. The summed E-state index contributed by atoms with van der Waals surface area (Å²) in [4.78, 5) is 42.9. The molecule has 0 aliphatic heterocycles. The van der Waals surface area contributed by atoms with E-state index in [-0.39, 0.29) is 29.7 Å². The summed E-state index contributed by atoms with van der Waals surface area (Å²) >= 11 is 0. The molecule has 1 amide bonds. The van der Waals surface area contributed by atoms with Gasteiger partial charge in [0, 0.05) is 36.8 Å². The number of aromatic hydroxyl groups is 1. The normalized spacial score (nSPS) is 25.3. The van der Waals surface area contributed by atoms with Gasteiger partial charge in [0.1, 0.15) is 28.6 Å². The maximum Gasteiger partial charge on any atom is 0.255 e. The number of ketones is 2. The Kier molecular flexibility index (Phi) is 7.06. The first kappa shape index (κ1) is 29.2. The van der Waals surface area contributed by atoms with Gasteiger partial charge in [-0.05, 0) is 69.1 Å². The van der Waals surface area contributed by atoms with Gasteiger partial charge in [-0.3, -0.25) is 19.3 Å². The zero-order valence-electron chi connectivity index (χ0n) is 24.1. The number of amides is 1. The standard InChI is InChI=1S/C31H35N3O8/c1-6-42-16-9-7-8-14(10-16)17-13-20(33(2)3)18-11-15-12-19-24(34(4)5)27(37)23(30(32)40)29(39)31(19,41)28(38)21(15)26(36)22(18)25(17)35/h7-10,13,15,19,24,35-36,39,41H,6,11-12H2,1-5H3,(H2,32,40)/t15-,19-,24-,31-/m1/s1. The molecule has 0 radical (unpaired) electrons. The average molecular weight is 578 g/mol. The van der Waals surface area contributed by atoms with E-state index in [2.05, 4.69) is 0 Å². The minimum atomic E-state index is -2.69. The monoisotopic (exact) mass is 577 g/mol. The van der Waals surface area contributed by atoms with Crippen molar-refractivity contribution >= 4 is 28.9 Å². The predicted octanol–water partition coefficient (Wildman–Crippen LogP) is 2.10. The molecule has 11 nitrogen and oxygen atoms in total. The van der Waals surface area contributed by atoms with Gasteiger partial charge in [0.05, 0.1) is 18.2 Å². The number of hydrogen-bond acceptors (Lipinski definition) is 10. The Bertz CT molecular complexity index is 1590. The van der Waals surface area contributed by atoms with E-state index in [1.807, 2.05) is 25.9 Å². The fraction of sp³-hybridized carbons (Fsp3) is 0.387. The third kappa shape index (κ3) is 4.06. The quantitative estimate of drug-likeness (QED) is 0.320. The summed E-state index contributed by atoms with van der Waals surface area (Å²) in [7, 11) is 6.78. The number of ether oxygens (including phenoxy) is 1. The van der Waals surface area contributed by atoms with E-state index in [9.17, 15) is 34.8 Å². The van der Waals surface area contributed by atoms with Gasteiger partial charge in [-0.15, -0.1) is 0 Å². The van der Waals surface area contributed by atoms with Crippen LogP contribution in [0, 0.1) is 11.8 Å². The number of primary amides is 1. The van der Waals surface area contributed by atoms with Gasteiger partial charge in [0.15, 0.2) is 11.4 Å². The average Bonchev–Trinajstić information content (AvgIpc) is 2.90. The Morgan fingerprint density at radius 1 is 1.12 bits per heavy atom. The van der Waals surface area contributed by atoms with Gasteiger partial charge in [0.25, 0.3) is 5.91 Å². The molecule has 3 aliphatic rings. The highest BCUT2D eigenvalue weighted by Crippen LogP contribution is 2.55. The van der Waals surface area contributed by atoms with Crippen molar-refractivity contribution in [3.63, 3.8) is 0 Å². The fourth-order valence-electron chi connectivity index (χ4n) is 6.83. The lowest BCUT2D eigenvalue weighted by Gasteiger charge is -2.50. The number of phenolic OH excluding ortho intramolecular Hbond substituents is 1. The summed E-state index contributed by atoms with van der Waals surface area (Å²) in [6.07, 6.45) is 0.229. The summed E-state index contributed by atoms with van der Waals surface area (Å²) in [5.41, 5.74) is 4.00. The first-order valence-electron chi connectivity index (χ1n) is 13.7. The lowest BCUT2D eigenvalue weighted by atomic mass is 9.57. The molecule has 5 rings (SSSR count). The third-order valence-electron chi connectivity index (χ3n) is 8.64. The smallest absolute Gasteiger partial charge is 0.255 e. The number of aliphatic hydroxyl groups is 3. The SMILES string of the molecule is CCOc1cccc(-c2cc(N(C)C)c3c(c2O)C(O)=C2C(=O)[C@@]4(O)C(O)=C(C(N)=O)C(=O)[C@H](N(C)C)[C@H]4C[C@H]2C3)c1. The zero-order chi connectivity index (χ0) is 30.8. The lowest BCUT2D eigenvalue weighted by molar-refractivity contribution is -0.153. The first-order chi connectivity index (χ1) is 19.7. The summed E-state index contributed by atoms with van der Waals surface area (Å²) in [5.74, 6) is -6.21. The lowest BCUT2D eigenvalue weighted by Crippen LogP contribution is -2.65. The van der Waals surface area contributed by atoms with Gasteiger partial charge in [-0.2, -0.15) is 0 Å². The van der Waals surface area contributed by atoms with Crippen LogP contribution in [0.15, 0.2) is 47.2 Å². The summed E-state index contributed by atoms with van der Waals surface area (Å²) in [6.45, 7) is 2.30. The minimum absolute atomic E-state index is 0.0253. The number of Topliss-reactive ketones (excluding diaryl/α,β-unsaturated/α-hetero) is 2. The molecule has 4 atom stereocenters. The number of fused-ring (bicyclic) bond motifs is 3. The molecule has 0 bridgehead atoms. The number of likely N-dealkylation sites (N-methyl/N-ethyl adjacent to an activating group) is 1. The third-order valence-corrected chi connectivity index (χ3v) is 8.64. The molecule has 222 valence electrons. The van der Waals surface area contributed by atoms with Crippen molar-refractivity contribution in [1.82, 2.24) is 4.90 Å². The highest BCUT2D eigenvalue weighted by atomic mass is 16.5. The number of benzene rings is 2. The van der Waals surface area contributed by atoms with E-state index in [0.29, 0.717) is 34.7 Å². The van der Waals surface area contributed by atoms with Crippen molar-refractivity contribution in [3.05, 3.63) is 58.4 Å². The van der Waals surface area contributed by atoms with Crippen molar-refractivity contribution in [2.45, 2.75) is 31.4 Å². The first-order valence-corrected chi connectivity index (χ1v) is 13.7. The zero-order valence-corrected chi connectivity index (χ0v) is 24.1. The van der Waals surface area contributed by atoms with Crippen LogP contribution in [-0.2, 0) is 20.8 Å². The molecule has 0 spiro atoms. The fourth-order valence-corrected chi connectivity index (χ4v) is 6.83. The molecule has 0 aromatic heterocycles. The summed E-state index contributed by atoms with van der Waals surface area (Å²) in [5, 5.41) is 46.1. The van der Waals surface area contributed by atoms with Crippen LogP contribution in [0.3, 0.4) is 0 Å². The Balaban J connectivity index is 1.76. The number of phenols is 1. The van der Waals surface area contributed by atoms with Crippen LogP contribution in [0.4, 0.5) is 5.69 Å². The van der Waals surface area contributed by atoms with E-state index >= 15 is 0 Å². The van der Waals surface area contributed by atoms with Gasteiger partial charge in [-0.1, -0.05) is 12.1 Å². The molecular formula is C31H35N3O8. The van der Waals surface area contributed by atoms with Crippen LogP contribution in [0.25, 0.3) is 16.9 Å². The van der Waals surface area contributed by atoms with Gasteiger partial charge in [0.2, 0.25) is 5.78 Å². The maximum atomic E-state index is 14.1. The Hall–Kier alpha value is -4.35. The van der Waals surface area contributed by atoms with E-state index < -0.39 is 58.0 Å². The number of anilines is 1. The molecular weight excluding hydrogens is 542 g/mol. The molecule has 11 heteroatoms. The second-order valence-electron chi connectivity index (χ2n) is 11.5. The number of aliphatic hydroxyl groups excluding tert-OH is 2. The Morgan fingerprint density at radius 2 is 1.81 bits per heavy atom. The van der Waals surface area contributed by atoms with Crippen LogP contribution in [0.5, 0.6) is 11.5 Å². The second kappa shape index (κ2) is 10.2. The Morgan fingerprint density at radius 3 is 2.40 bits per heavy atom. The largest absolute Gasteiger partial charge is 0.508 e.